The van der Waals surface area contributed by atoms with Crippen LogP contribution in [0.25, 0.3) is 11.0 Å². The van der Waals surface area contributed by atoms with Crippen molar-refractivity contribution >= 4 is 38.6 Å². The summed E-state index contributed by atoms with van der Waals surface area (Å²) in [5.41, 5.74) is 1.66. The van der Waals surface area contributed by atoms with Crippen LogP contribution in [0.3, 0.4) is 0 Å². The lowest BCUT2D eigenvalue weighted by Crippen LogP contribution is -2.01. The number of aromatic nitrogens is 2. The monoisotopic (exact) mass is 464 g/mol. The molecule has 3 aromatic rings. The zero-order valence-corrected chi connectivity index (χ0v) is 16.6. The molecule has 0 bridgehead atoms. The molecule has 27 heavy (non-hydrogen) atoms. The number of benzene rings is 2. The Labute approximate surface area is 167 Å². The van der Waals surface area contributed by atoms with Gasteiger partial charge in [0.05, 0.1) is 16.1 Å². The maximum Gasteiger partial charge on any atom is 0.387 e. The van der Waals surface area contributed by atoms with Crippen molar-refractivity contribution in [1.29, 1.82) is 0 Å². The van der Waals surface area contributed by atoms with Crippen LogP contribution in [-0.2, 0) is 13.0 Å². The Morgan fingerprint density at radius 2 is 2.00 bits per heavy atom. The van der Waals surface area contributed by atoms with Gasteiger partial charge in [0.2, 0.25) is 0 Å². The smallest absolute Gasteiger partial charge is 0.387 e. The summed E-state index contributed by atoms with van der Waals surface area (Å²) in [6.07, 6.45) is 2.10. The second-order valence-corrected chi connectivity index (χ2v) is 6.70. The fourth-order valence-corrected chi connectivity index (χ4v) is 3.18. The maximum atomic E-state index is 13.1. The van der Waals surface area contributed by atoms with Crippen LogP contribution in [0.5, 0.6) is 5.75 Å². The molecule has 0 amide bonds. The van der Waals surface area contributed by atoms with Crippen LogP contribution in [0.15, 0.2) is 40.9 Å². The zero-order chi connectivity index (χ0) is 20.0. The molecule has 0 spiro atoms. The van der Waals surface area contributed by atoms with Crippen LogP contribution in [0.2, 0.25) is 5.02 Å². The summed E-state index contributed by atoms with van der Waals surface area (Å²) >= 11 is 8.86. The van der Waals surface area contributed by atoms with Crippen molar-refractivity contribution in [1.82, 2.24) is 9.55 Å². The standard InChI is InChI=1S/C10H8ClFN2.C7H5BrF2O.CH4O/c11-6-4-9-8(5-7(6)12)13-10-2-1-3-14(9)10;8-5-2-1-3-6(4-5)11-7(9)10;1-2/h4-5H,1-3H2;1-4,7H;2H,1H3. The highest BCUT2D eigenvalue weighted by atomic mass is 79.9. The van der Waals surface area contributed by atoms with Gasteiger partial charge in [-0.2, -0.15) is 8.78 Å². The lowest BCUT2D eigenvalue weighted by molar-refractivity contribution is -0.0498. The molecule has 2 aromatic carbocycles. The third-order valence-electron chi connectivity index (χ3n) is 3.67. The maximum absolute atomic E-state index is 13.1. The number of nitrogens with zero attached hydrogens (tertiary/aromatic N) is 2. The summed E-state index contributed by atoms with van der Waals surface area (Å²) in [5.74, 6) is 0.812. The molecular weight excluding hydrogens is 449 g/mol. The van der Waals surface area contributed by atoms with Crippen molar-refractivity contribution in [3.8, 4) is 5.75 Å². The number of aliphatic hydroxyl groups excluding tert-OH is 1. The Balaban J connectivity index is 0.000000183. The van der Waals surface area contributed by atoms with Crippen LogP contribution in [-0.4, -0.2) is 28.4 Å². The molecule has 2 heterocycles. The van der Waals surface area contributed by atoms with E-state index in [0.29, 0.717) is 5.52 Å². The van der Waals surface area contributed by atoms with E-state index in [9.17, 15) is 13.2 Å². The van der Waals surface area contributed by atoms with Crippen molar-refractivity contribution in [3.63, 3.8) is 0 Å². The van der Waals surface area contributed by atoms with Gasteiger partial charge in [-0.15, -0.1) is 0 Å². The number of halogens is 5. The fraction of sp³-hybridized carbons (Fsp3) is 0.278. The quantitative estimate of drug-likeness (QED) is 0.549. The Hall–Kier alpha value is -1.77. The number of imidazole rings is 1. The highest BCUT2D eigenvalue weighted by Gasteiger charge is 2.17. The predicted molar refractivity (Wildman–Crippen MR) is 102 cm³/mol. The molecule has 1 aromatic heterocycles. The molecule has 4 rings (SSSR count). The number of hydrogen-bond donors (Lipinski definition) is 1. The third kappa shape index (κ3) is 5.60. The number of fused-ring (bicyclic) bond motifs is 3. The molecule has 0 aliphatic carbocycles. The van der Waals surface area contributed by atoms with Crippen LogP contribution in [0.1, 0.15) is 12.2 Å². The van der Waals surface area contributed by atoms with Crippen LogP contribution in [0.4, 0.5) is 13.2 Å². The Morgan fingerprint density at radius 1 is 1.26 bits per heavy atom. The largest absolute Gasteiger partial charge is 0.435 e. The molecular formula is C18H17BrClF3N2O2. The minimum absolute atomic E-state index is 0.161. The molecule has 0 radical (unpaired) electrons. The van der Waals surface area contributed by atoms with E-state index < -0.39 is 12.4 Å². The molecule has 1 aliphatic rings. The van der Waals surface area contributed by atoms with Gasteiger partial charge < -0.3 is 14.4 Å². The summed E-state index contributed by atoms with van der Waals surface area (Å²) in [5, 5.41) is 7.17. The molecule has 0 saturated carbocycles. The van der Waals surface area contributed by atoms with E-state index in [4.69, 9.17) is 16.7 Å². The molecule has 0 unspecified atom stereocenters. The average molecular weight is 466 g/mol. The molecule has 4 nitrogen and oxygen atoms in total. The first-order chi connectivity index (χ1) is 12.9. The summed E-state index contributed by atoms with van der Waals surface area (Å²) in [6, 6.07) is 9.38. The summed E-state index contributed by atoms with van der Waals surface area (Å²) in [6.45, 7) is -1.79. The number of rotatable bonds is 2. The minimum Gasteiger partial charge on any atom is -0.435 e. The first-order valence-corrected chi connectivity index (χ1v) is 9.10. The molecule has 1 N–H and O–H groups in total. The van der Waals surface area contributed by atoms with Crippen molar-refractivity contribution in [2.24, 2.45) is 0 Å². The number of hydrogen-bond acceptors (Lipinski definition) is 3. The van der Waals surface area contributed by atoms with Crippen LogP contribution < -0.4 is 4.74 Å². The van der Waals surface area contributed by atoms with Crippen molar-refractivity contribution in [3.05, 3.63) is 57.5 Å². The van der Waals surface area contributed by atoms with E-state index in [0.717, 1.165) is 42.3 Å². The second-order valence-electron chi connectivity index (χ2n) is 5.37. The van der Waals surface area contributed by atoms with E-state index in [2.05, 4.69) is 30.2 Å². The van der Waals surface area contributed by atoms with Crippen molar-refractivity contribution in [2.45, 2.75) is 26.0 Å². The first-order valence-electron chi connectivity index (χ1n) is 7.93. The zero-order valence-electron chi connectivity index (χ0n) is 14.3. The highest BCUT2D eigenvalue weighted by molar-refractivity contribution is 9.10. The first kappa shape index (κ1) is 21.5. The normalized spacial score (nSPS) is 12.1. The topological polar surface area (TPSA) is 47.3 Å². The van der Waals surface area contributed by atoms with Crippen molar-refractivity contribution in [2.75, 3.05) is 7.11 Å². The third-order valence-corrected chi connectivity index (χ3v) is 4.46. The summed E-state index contributed by atoms with van der Waals surface area (Å²) in [7, 11) is 1.00. The van der Waals surface area contributed by atoms with Crippen LogP contribution >= 0.6 is 27.5 Å². The van der Waals surface area contributed by atoms with E-state index >= 15 is 0 Å². The van der Waals surface area contributed by atoms with E-state index in [-0.39, 0.29) is 10.8 Å². The molecule has 9 heteroatoms. The number of aryl methyl sites for hydroxylation is 2. The molecule has 1 aliphatic heterocycles. The van der Waals surface area contributed by atoms with Gasteiger partial charge in [-0.25, -0.2) is 9.37 Å². The lowest BCUT2D eigenvalue weighted by Gasteiger charge is -2.02. The number of aliphatic hydroxyl groups is 1. The Bertz CT molecular complexity index is 906. The van der Waals surface area contributed by atoms with E-state index in [1.165, 1.54) is 18.2 Å². The Morgan fingerprint density at radius 3 is 2.67 bits per heavy atom. The number of ether oxygens (including phenoxy) is 1. The van der Waals surface area contributed by atoms with Gasteiger partial charge >= 0.3 is 6.61 Å². The highest BCUT2D eigenvalue weighted by Crippen LogP contribution is 2.27. The van der Waals surface area contributed by atoms with Gasteiger partial charge in [-0.3, -0.25) is 0 Å². The lowest BCUT2D eigenvalue weighted by atomic mass is 10.3. The predicted octanol–water partition coefficient (Wildman–Crippen LogP) is 5.43. The molecule has 0 fully saturated rings. The summed E-state index contributed by atoms with van der Waals surface area (Å²) in [4.78, 5) is 4.36. The SMILES string of the molecule is CO.FC(F)Oc1cccc(Br)c1.Fc1cc2nc3n(c2cc1Cl)CCC3. The van der Waals surface area contributed by atoms with Gasteiger partial charge in [0, 0.05) is 30.6 Å². The van der Waals surface area contributed by atoms with Crippen molar-refractivity contribution < 1.29 is 23.0 Å². The van der Waals surface area contributed by atoms with Gasteiger partial charge in [0.15, 0.2) is 0 Å². The molecule has 0 atom stereocenters. The van der Waals surface area contributed by atoms with Gasteiger partial charge in [0.25, 0.3) is 0 Å². The summed E-state index contributed by atoms with van der Waals surface area (Å²) < 4.78 is 43.3. The minimum atomic E-state index is -2.76. The fourth-order valence-electron chi connectivity index (χ4n) is 2.65. The second kappa shape index (κ2) is 9.96. The van der Waals surface area contributed by atoms with Gasteiger partial charge in [0.1, 0.15) is 17.4 Å². The molecule has 146 valence electrons. The van der Waals surface area contributed by atoms with E-state index in [1.54, 1.807) is 18.2 Å². The van der Waals surface area contributed by atoms with Gasteiger partial charge in [-0.1, -0.05) is 33.6 Å². The van der Waals surface area contributed by atoms with E-state index in [1.807, 2.05) is 0 Å². The molecule has 0 saturated heterocycles. The van der Waals surface area contributed by atoms with Gasteiger partial charge in [-0.05, 0) is 30.7 Å². The number of alkyl halides is 2. The average Bonchev–Trinajstić information content (AvgIpc) is 3.19. The van der Waals surface area contributed by atoms with Crippen LogP contribution in [0, 0.1) is 5.82 Å². The Kier molecular flexibility index (Phi) is 7.94.